The number of amides is 4. The molecule has 0 aliphatic carbocycles. The number of nitrogens with one attached hydrogen (secondary N) is 3. The first kappa shape index (κ1) is 28.0. The molecule has 0 aliphatic heterocycles. The average Bonchev–Trinajstić information content (AvgIpc) is 2.75. The van der Waals surface area contributed by atoms with Gasteiger partial charge in [0.15, 0.2) is 0 Å². The summed E-state index contributed by atoms with van der Waals surface area (Å²) >= 11 is 0. The number of aliphatic hydroxyl groups excluding tert-OH is 1. The molecule has 1 rings (SSSR count). The Morgan fingerprint density at radius 3 is 2.18 bits per heavy atom. The summed E-state index contributed by atoms with van der Waals surface area (Å²) in [5.41, 5.74) is 0.758. The van der Waals surface area contributed by atoms with E-state index in [0.717, 1.165) is 17.4 Å². The van der Waals surface area contributed by atoms with Gasteiger partial charge in [-0.05, 0) is 19.4 Å². The van der Waals surface area contributed by atoms with E-state index in [4.69, 9.17) is 14.5 Å². The van der Waals surface area contributed by atoms with E-state index in [9.17, 15) is 28.8 Å². The molecule has 1 aromatic carbocycles. The van der Waals surface area contributed by atoms with Crippen LogP contribution in [0.5, 0.6) is 0 Å². The molecular formula is C19H29N4O9P. The molecule has 0 aliphatic rings. The number of benzene rings is 1. The molecule has 184 valence electrons. The Morgan fingerprint density at radius 2 is 1.64 bits per heavy atom. The summed E-state index contributed by atoms with van der Waals surface area (Å²) in [5, 5.41) is 15.9. The number of likely N-dealkylation sites (N-methyl/N-ethyl adjacent to an activating group) is 1. The lowest BCUT2D eigenvalue weighted by Gasteiger charge is -2.22. The summed E-state index contributed by atoms with van der Waals surface area (Å²) in [7, 11) is -3.24. The molecule has 0 fully saturated rings. The molecular weight excluding hydrogens is 459 g/mol. The van der Waals surface area contributed by atoms with Crippen molar-refractivity contribution in [3.8, 4) is 0 Å². The second-order valence-electron chi connectivity index (χ2n) is 7.20. The molecule has 3 atom stereocenters. The fraction of sp³-hybridized carbons (Fsp3) is 0.474. The van der Waals surface area contributed by atoms with Crippen molar-refractivity contribution in [1.29, 1.82) is 0 Å². The highest BCUT2D eigenvalue weighted by Gasteiger charge is 2.29. The van der Waals surface area contributed by atoms with Gasteiger partial charge in [0.2, 0.25) is 17.7 Å². The second kappa shape index (κ2) is 12.9. The molecule has 0 radical (unpaired) electrons. The van der Waals surface area contributed by atoms with E-state index in [1.165, 1.54) is 14.0 Å². The van der Waals surface area contributed by atoms with Gasteiger partial charge in [0.1, 0.15) is 31.0 Å². The number of rotatable bonds is 11. The van der Waals surface area contributed by atoms with Crippen LogP contribution in [0.2, 0.25) is 0 Å². The van der Waals surface area contributed by atoms with E-state index in [1.807, 2.05) is 6.07 Å². The molecule has 0 saturated heterocycles. The highest BCUT2D eigenvalue weighted by atomic mass is 31.2. The van der Waals surface area contributed by atoms with Crippen molar-refractivity contribution in [2.75, 3.05) is 20.2 Å². The van der Waals surface area contributed by atoms with E-state index in [2.05, 4.69) is 16.0 Å². The monoisotopic (exact) mass is 488 g/mol. The highest BCUT2D eigenvalue weighted by Crippen LogP contribution is 2.39. The third-order valence-corrected chi connectivity index (χ3v) is 5.48. The first-order valence-electron chi connectivity index (χ1n) is 9.83. The summed E-state index contributed by atoms with van der Waals surface area (Å²) in [6.45, 7) is 1.10. The predicted octanol–water partition coefficient (Wildman–Crippen LogP) is -1.12. The smallest absolute Gasteiger partial charge is 0.410 e. The number of carbonyl (C=O) groups excluding carboxylic acids is 4. The Kier molecular flexibility index (Phi) is 11.0. The molecule has 13 nitrogen and oxygen atoms in total. The molecule has 4 amide bonds. The summed E-state index contributed by atoms with van der Waals surface area (Å²) in [4.78, 5) is 67.4. The van der Waals surface area contributed by atoms with Gasteiger partial charge in [-0.2, -0.15) is 0 Å². The third-order valence-electron chi connectivity index (χ3n) is 4.34. The average molecular weight is 488 g/mol. The Hall–Kier alpha value is -2.99. The number of ether oxygens (including phenoxy) is 1. The lowest BCUT2D eigenvalue weighted by molar-refractivity contribution is -0.132. The summed E-state index contributed by atoms with van der Waals surface area (Å²) < 4.78 is 16.2. The first-order valence-corrected chi connectivity index (χ1v) is 11.5. The Labute approximate surface area is 190 Å². The lowest BCUT2D eigenvalue weighted by Crippen LogP contribution is -2.55. The quantitative estimate of drug-likeness (QED) is 0.209. The van der Waals surface area contributed by atoms with Gasteiger partial charge in [0, 0.05) is 7.05 Å². The van der Waals surface area contributed by atoms with Gasteiger partial charge >= 0.3 is 13.7 Å². The maximum absolute atomic E-state index is 12.3. The van der Waals surface area contributed by atoms with Crippen LogP contribution in [-0.4, -0.2) is 81.7 Å². The predicted molar refractivity (Wildman–Crippen MR) is 116 cm³/mol. The maximum Gasteiger partial charge on any atom is 0.410 e. The van der Waals surface area contributed by atoms with Gasteiger partial charge in [0.05, 0.1) is 6.61 Å². The fourth-order valence-corrected chi connectivity index (χ4v) is 2.63. The van der Waals surface area contributed by atoms with Crippen molar-refractivity contribution >= 4 is 31.4 Å². The zero-order valence-electron chi connectivity index (χ0n) is 18.4. The minimum atomic E-state index is -4.56. The van der Waals surface area contributed by atoms with Crippen molar-refractivity contribution in [2.45, 2.75) is 38.3 Å². The molecule has 0 unspecified atom stereocenters. The van der Waals surface area contributed by atoms with Crippen LogP contribution in [0.1, 0.15) is 19.4 Å². The standard InChI is InChI=1S/C19H29N4O9P/c1-12(17(26)21-13(2)33(29,30)31)20-18(27)15(10-24)22-16(25)9-23(3)19(28)32-11-14-7-5-4-6-8-14/h4-8,12-13,15,24H,9-11H2,1-3H3,(H,20,27)(H,21,26)(H,22,25)(H2,29,30,31)/t12-,13+,15-/m0/s1. The summed E-state index contributed by atoms with van der Waals surface area (Å²) in [5.74, 6) is -4.01. The number of nitrogens with zero attached hydrogens (tertiary/aromatic N) is 1. The van der Waals surface area contributed by atoms with Crippen LogP contribution in [0.4, 0.5) is 4.79 Å². The van der Waals surface area contributed by atoms with Crippen molar-refractivity contribution < 1.29 is 43.4 Å². The zero-order chi connectivity index (χ0) is 25.2. The largest absolute Gasteiger partial charge is 0.445 e. The molecule has 0 saturated carbocycles. The molecule has 1 aromatic rings. The van der Waals surface area contributed by atoms with Crippen molar-refractivity contribution in [1.82, 2.24) is 20.9 Å². The van der Waals surface area contributed by atoms with Gasteiger partial charge in [-0.1, -0.05) is 30.3 Å². The summed E-state index contributed by atoms with van der Waals surface area (Å²) in [6, 6.07) is 6.25. The van der Waals surface area contributed by atoms with Crippen molar-refractivity contribution in [3.05, 3.63) is 35.9 Å². The van der Waals surface area contributed by atoms with Crippen molar-refractivity contribution in [3.63, 3.8) is 0 Å². The van der Waals surface area contributed by atoms with Crippen LogP contribution >= 0.6 is 7.60 Å². The molecule has 6 N–H and O–H groups in total. The Bertz CT molecular complexity index is 877. The highest BCUT2D eigenvalue weighted by molar-refractivity contribution is 7.52. The van der Waals surface area contributed by atoms with E-state index in [-0.39, 0.29) is 6.61 Å². The van der Waals surface area contributed by atoms with Gasteiger partial charge in [-0.25, -0.2) is 4.79 Å². The third kappa shape index (κ3) is 10.00. The van der Waals surface area contributed by atoms with Crippen LogP contribution < -0.4 is 16.0 Å². The second-order valence-corrected chi connectivity index (χ2v) is 9.16. The first-order chi connectivity index (χ1) is 15.3. The number of aliphatic hydroxyl groups is 1. The molecule has 33 heavy (non-hydrogen) atoms. The normalized spacial score (nSPS) is 13.8. The SMILES string of the molecule is C[C@H](NC(=O)[C@H](CO)NC(=O)CN(C)C(=O)OCc1ccccc1)C(=O)N[C@@H](C)P(=O)(O)O. The van der Waals surface area contributed by atoms with Crippen LogP contribution in [0.3, 0.4) is 0 Å². The van der Waals surface area contributed by atoms with Gasteiger partial charge in [-0.15, -0.1) is 0 Å². The van der Waals surface area contributed by atoms with Gasteiger partial charge in [0.25, 0.3) is 0 Å². The van der Waals surface area contributed by atoms with Crippen LogP contribution in [0.15, 0.2) is 30.3 Å². The van der Waals surface area contributed by atoms with Crippen molar-refractivity contribution in [2.24, 2.45) is 0 Å². The van der Waals surface area contributed by atoms with Crippen LogP contribution in [-0.2, 0) is 30.3 Å². The fourth-order valence-electron chi connectivity index (χ4n) is 2.34. The van der Waals surface area contributed by atoms with E-state index >= 15 is 0 Å². The van der Waals surface area contributed by atoms with E-state index in [1.54, 1.807) is 24.3 Å². The molecule has 0 heterocycles. The van der Waals surface area contributed by atoms with Gasteiger partial charge < -0.3 is 40.5 Å². The molecule has 0 spiro atoms. The zero-order valence-corrected chi connectivity index (χ0v) is 19.3. The van der Waals surface area contributed by atoms with Crippen LogP contribution in [0, 0.1) is 0 Å². The number of hydrogen-bond donors (Lipinski definition) is 6. The minimum absolute atomic E-state index is 0.00783. The Morgan fingerprint density at radius 1 is 1.03 bits per heavy atom. The maximum atomic E-state index is 12.3. The Balaban J connectivity index is 2.52. The topological polar surface area (TPSA) is 195 Å². The number of hydrogen-bond acceptors (Lipinski definition) is 7. The van der Waals surface area contributed by atoms with E-state index < -0.39 is 62.4 Å². The van der Waals surface area contributed by atoms with Gasteiger partial charge in [-0.3, -0.25) is 18.9 Å². The molecule has 14 heteroatoms. The summed E-state index contributed by atoms with van der Waals surface area (Å²) in [6.07, 6.45) is -0.775. The van der Waals surface area contributed by atoms with E-state index in [0.29, 0.717) is 0 Å². The molecule has 0 aromatic heterocycles. The van der Waals surface area contributed by atoms with Crippen LogP contribution in [0.25, 0.3) is 0 Å². The minimum Gasteiger partial charge on any atom is -0.445 e. The lowest BCUT2D eigenvalue weighted by atomic mass is 10.2. The number of carbonyl (C=O) groups is 4. The molecule has 0 bridgehead atoms.